The summed E-state index contributed by atoms with van der Waals surface area (Å²) in [5, 5.41) is 2.45. The zero-order valence-electron chi connectivity index (χ0n) is 52.3. The van der Waals surface area contributed by atoms with E-state index in [-0.39, 0.29) is 6.71 Å². The van der Waals surface area contributed by atoms with Gasteiger partial charge in [0, 0.05) is 44.8 Å². The smallest absolute Gasteiger partial charge is 0.252 e. The van der Waals surface area contributed by atoms with Crippen molar-refractivity contribution in [2.45, 2.75) is 10.8 Å². The van der Waals surface area contributed by atoms with Gasteiger partial charge in [-0.2, -0.15) is 0 Å². The first-order chi connectivity index (χ1) is 47.7. The third kappa shape index (κ3) is 6.58. The van der Waals surface area contributed by atoms with E-state index in [4.69, 9.17) is 0 Å². The number of fused-ring (bicyclic) bond motifs is 27. The van der Waals surface area contributed by atoms with E-state index in [9.17, 15) is 0 Å². The highest BCUT2D eigenvalue weighted by atomic mass is 15.2. The van der Waals surface area contributed by atoms with E-state index in [1.165, 1.54) is 161 Å². The number of anilines is 6. The van der Waals surface area contributed by atoms with Gasteiger partial charge in [0.2, 0.25) is 0 Å². The molecule has 0 radical (unpaired) electrons. The Labute approximate surface area is 557 Å². The molecule has 4 aliphatic carbocycles. The third-order valence-corrected chi connectivity index (χ3v) is 22.6. The molecule has 22 rings (SSSR count). The monoisotopic (exact) mass is 1210 g/mol. The zero-order valence-corrected chi connectivity index (χ0v) is 52.3. The molecule has 2 aliphatic heterocycles. The van der Waals surface area contributed by atoms with Gasteiger partial charge in [0.1, 0.15) is 0 Å². The maximum atomic E-state index is 2.70. The van der Waals surface area contributed by atoms with E-state index in [1.54, 1.807) is 0 Å². The largest absolute Gasteiger partial charge is 0.311 e. The minimum atomic E-state index is -0.569. The van der Waals surface area contributed by atoms with Gasteiger partial charge in [-0.15, -0.1) is 0 Å². The van der Waals surface area contributed by atoms with Gasteiger partial charge in [0.25, 0.3) is 6.71 Å². The summed E-state index contributed by atoms with van der Waals surface area (Å²) in [6.07, 6.45) is 0. The Hall–Kier alpha value is -12.2. The molecule has 0 bridgehead atoms. The number of rotatable bonds is 5. The average Bonchev–Trinajstić information content (AvgIpc) is 1.40. The number of nitrogens with zero attached hydrogens (tertiary/aromatic N) is 3. The second-order valence-corrected chi connectivity index (χ2v) is 26.9. The van der Waals surface area contributed by atoms with Crippen LogP contribution in [0, 0.1) is 0 Å². The molecule has 96 heavy (non-hydrogen) atoms. The highest BCUT2D eigenvalue weighted by Crippen LogP contribution is 2.67. The van der Waals surface area contributed by atoms with Crippen LogP contribution in [0.15, 0.2) is 340 Å². The summed E-state index contributed by atoms with van der Waals surface area (Å²) < 4.78 is 2.54. The molecule has 4 heteroatoms. The van der Waals surface area contributed by atoms with Crippen molar-refractivity contribution < 1.29 is 0 Å². The van der Waals surface area contributed by atoms with E-state index in [0.29, 0.717) is 0 Å². The van der Waals surface area contributed by atoms with Gasteiger partial charge in [-0.1, -0.05) is 285 Å². The predicted molar refractivity (Wildman–Crippen MR) is 398 cm³/mol. The first kappa shape index (κ1) is 52.3. The normalized spacial score (nSPS) is 14.4. The summed E-state index contributed by atoms with van der Waals surface area (Å²) >= 11 is 0. The van der Waals surface area contributed by atoms with Crippen LogP contribution < -0.4 is 26.2 Å². The Balaban J connectivity index is 0.900. The second kappa shape index (κ2) is 19.2. The van der Waals surface area contributed by atoms with Crippen molar-refractivity contribution in [3.63, 3.8) is 0 Å². The maximum absolute atomic E-state index is 2.70. The molecule has 2 spiro atoms. The quantitative estimate of drug-likeness (QED) is 0.159. The van der Waals surface area contributed by atoms with Crippen molar-refractivity contribution in [1.82, 2.24) is 4.57 Å². The summed E-state index contributed by atoms with van der Waals surface area (Å²) in [5.41, 5.74) is 38.6. The van der Waals surface area contributed by atoms with E-state index < -0.39 is 10.8 Å². The molecule has 442 valence electrons. The number of hydrogen-bond acceptors (Lipinski definition) is 2. The number of benzene rings is 15. The van der Waals surface area contributed by atoms with E-state index in [0.717, 1.165) is 28.4 Å². The van der Waals surface area contributed by atoms with E-state index in [1.807, 2.05) is 0 Å². The number of hydrogen-bond donors (Lipinski definition) is 0. The molecule has 0 N–H and O–H groups in total. The van der Waals surface area contributed by atoms with Crippen LogP contribution in [0.2, 0.25) is 0 Å². The van der Waals surface area contributed by atoms with Crippen LogP contribution in [0.1, 0.15) is 44.5 Å². The highest BCUT2D eigenvalue weighted by Gasteiger charge is 2.56. The van der Waals surface area contributed by atoms with Crippen LogP contribution in [-0.4, -0.2) is 11.3 Å². The molecule has 6 aliphatic rings. The summed E-state index contributed by atoms with van der Waals surface area (Å²) in [6, 6.07) is 130. The van der Waals surface area contributed by atoms with E-state index in [2.05, 4.69) is 354 Å². The molecule has 3 nitrogen and oxygen atoms in total. The van der Waals surface area contributed by atoms with Crippen molar-refractivity contribution in [1.29, 1.82) is 0 Å². The standard InChI is InChI=1S/C92H56BN3/c1-3-24-57(25-4-1)59-46-49-61(50-47-59)94-86-55-71-67-32-11-19-40-76(67)92(74-38-17-9-30-65(74)66-31-10-18-39-75(66)92)79(71)56-81(86)93-80-52-60(58-26-5-2-6-27-58)48-51-84(80)96(88-54-62(53-87(94)90(88)93)95-82-43-21-13-33-68(82)69-34-14-22-44-83(69)95)85-45-23-42-78-89(85)70-35-12-20-41-77(70)91(78)72-36-15-7-28-63(72)64-29-8-16-37-73(64)91/h1-56H. The van der Waals surface area contributed by atoms with Crippen LogP contribution >= 0.6 is 0 Å². The van der Waals surface area contributed by atoms with Crippen LogP contribution in [0.4, 0.5) is 34.1 Å². The SMILES string of the molecule is c1ccc(-c2ccc(N3c4cc5c(cc4B4c6cc(-c7ccccc7)ccc6N(c6cccc7c6-c6ccccc6C76c7ccccc7-c7ccccc76)c6cc(-n7c8ccccc8c8ccccc87)cc3c64)C3(c4ccccc4-c4ccccc43)c3ccccc3-5)cc2)cc1. The lowest BCUT2D eigenvalue weighted by Crippen LogP contribution is -2.61. The summed E-state index contributed by atoms with van der Waals surface area (Å²) in [6.45, 7) is -0.228. The summed E-state index contributed by atoms with van der Waals surface area (Å²) in [7, 11) is 0. The Kier molecular flexibility index (Phi) is 10.5. The van der Waals surface area contributed by atoms with Gasteiger partial charge < -0.3 is 14.4 Å². The van der Waals surface area contributed by atoms with Crippen molar-refractivity contribution in [3.05, 3.63) is 384 Å². The number of aromatic nitrogens is 1. The van der Waals surface area contributed by atoms with Gasteiger partial charge in [-0.25, -0.2) is 0 Å². The molecule has 3 heterocycles. The lowest BCUT2D eigenvalue weighted by Gasteiger charge is -2.45. The Morgan fingerprint density at radius 3 is 1.21 bits per heavy atom. The van der Waals surface area contributed by atoms with Gasteiger partial charge in [0.05, 0.1) is 33.2 Å². The first-order valence-electron chi connectivity index (χ1n) is 33.7. The van der Waals surface area contributed by atoms with Crippen molar-refractivity contribution in [2.75, 3.05) is 9.80 Å². The molecule has 1 aromatic heterocycles. The van der Waals surface area contributed by atoms with Crippen LogP contribution in [0.25, 0.3) is 94.3 Å². The van der Waals surface area contributed by atoms with Crippen molar-refractivity contribution >= 4 is 79.0 Å². The molecule has 15 aromatic carbocycles. The molecule has 0 saturated heterocycles. The van der Waals surface area contributed by atoms with E-state index >= 15 is 0 Å². The Bertz CT molecular complexity index is 5910. The summed E-state index contributed by atoms with van der Waals surface area (Å²) in [4.78, 5) is 5.35. The van der Waals surface area contributed by atoms with Crippen molar-refractivity contribution in [3.8, 4) is 72.4 Å². The zero-order chi connectivity index (χ0) is 62.5. The van der Waals surface area contributed by atoms with Crippen LogP contribution in [-0.2, 0) is 10.8 Å². The minimum absolute atomic E-state index is 0.228. The third-order valence-electron chi connectivity index (χ3n) is 22.6. The highest BCUT2D eigenvalue weighted by molar-refractivity contribution is 7.00. The fraction of sp³-hybridized carbons (Fsp3) is 0.0217. The lowest BCUT2D eigenvalue weighted by molar-refractivity contribution is 0.794. The second-order valence-electron chi connectivity index (χ2n) is 26.9. The van der Waals surface area contributed by atoms with Gasteiger partial charge >= 0.3 is 0 Å². The Morgan fingerprint density at radius 1 is 0.229 bits per heavy atom. The number of para-hydroxylation sites is 2. The molecule has 0 saturated carbocycles. The molecule has 0 atom stereocenters. The maximum Gasteiger partial charge on any atom is 0.252 e. The fourth-order valence-corrected chi connectivity index (χ4v) is 19.0. The topological polar surface area (TPSA) is 11.4 Å². The molecule has 0 unspecified atom stereocenters. The molecular formula is C92H56BN3. The predicted octanol–water partition coefficient (Wildman–Crippen LogP) is 20.9. The average molecular weight is 1210 g/mol. The molecule has 0 fully saturated rings. The molecule has 0 amide bonds. The molecule has 16 aromatic rings. The van der Waals surface area contributed by atoms with Crippen molar-refractivity contribution in [2.24, 2.45) is 0 Å². The van der Waals surface area contributed by atoms with Gasteiger partial charge in [-0.05, 0) is 177 Å². The van der Waals surface area contributed by atoms with Crippen LogP contribution in [0.3, 0.4) is 0 Å². The summed E-state index contributed by atoms with van der Waals surface area (Å²) in [5.74, 6) is 0. The molecular weight excluding hydrogens is 1160 g/mol. The minimum Gasteiger partial charge on any atom is -0.311 e. The first-order valence-corrected chi connectivity index (χ1v) is 33.7. The fourth-order valence-electron chi connectivity index (χ4n) is 19.0. The van der Waals surface area contributed by atoms with Gasteiger partial charge in [0.15, 0.2) is 0 Å². The Morgan fingerprint density at radius 2 is 0.646 bits per heavy atom. The lowest BCUT2D eigenvalue weighted by atomic mass is 9.33. The van der Waals surface area contributed by atoms with Crippen LogP contribution in [0.5, 0.6) is 0 Å². The van der Waals surface area contributed by atoms with Gasteiger partial charge in [-0.3, -0.25) is 0 Å².